The molecular weight excluding hydrogens is 446 g/mol. The number of amides is 2. The molecule has 2 aliphatic rings. The van der Waals surface area contributed by atoms with Gasteiger partial charge in [0, 0.05) is 36.8 Å². The molecule has 1 saturated carbocycles. The van der Waals surface area contributed by atoms with E-state index >= 15 is 0 Å². The van der Waals surface area contributed by atoms with Gasteiger partial charge in [0.15, 0.2) is 11.3 Å². The van der Waals surface area contributed by atoms with E-state index in [1.807, 2.05) is 0 Å². The fraction of sp³-hybridized carbons (Fsp3) is 0.435. The zero-order valence-electron chi connectivity index (χ0n) is 18.2. The Morgan fingerprint density at radius 2 is 2.03 bits per heavy atom. The predicted molar refractivity (Wildman–Crippen MR) is 121 cm³/mol. The van der Waals surface area contributed by atoms with E-state index < -0.39 is 0 Å². The molecule has 3 atom stereocenters. The lowest BCUT2D eigenvalue weighted by molar-refractivity contribution is -0.130. The summed E-state index contributed by atoms with van der Waals surface area (Å²) in [6.07, 6.45) is 3.70. The second kappa shape index (κ2) is 9.07. The van der Waals surface area contributed by atoms with Crippen molar-refractivity contribution in [2.24, 2.45) is 0 Å². The summed E-state index contributed by atoms with van der Waals surface area (Å²) in [7, 11) is 1.76. The van der Waals surface area contributed by atoms with Crippen LogP contribution >= 0.6 is 11.6 Å². The normalized spacial score (nSPS) is 22.5. The predicted octanol–water partition coefficient (Wildman–Crippen LogP) is 3.23. The Morgan fingerprint density at radius 3 is 2.79 bits per heavy atom. The molecule has 33 heavy (non-hydrogen) atoms. The second-order valence-corrected chi connectivity index (χ2v) is 8.96. The van der Waals surface area contributed by atoms with E-state index in [1.54, 1.807) is 42.3 Å². The van der Waals surface area contributed by atoms with Crippen LogP contribution in [-0.2, 0) is 9.53 Å². The maximum absolute atomic E-state index is 13.0. The molecule has 2 aromatic heterocycles. The topological polar surface area (TPSA) is 110 Å². The minimum atomic E-state index is -0.338. The first-order chi connectivity index (χ1) is 16.0. The quantitative estimate of drug-likeness (QED) is 0.610. The minimum absolute atomic E-state index is 0.0237. The van der Waals surface area contributed by atoms with Gasteiger partial charge in [-0.2, -0.15) is 0 Å². The van der Waals surface area contributed by atoms with Gasteiger partial charge in [0.05, 0.1) is 0 Å². The Morgan fingerprint density at radius 1 is 1.15 bits per heavy atom. The molecule has 3 aromatic rings. The highest BCUT2D eigenvalue weighted by Gasteiger charge is 2.33. The van der Waals surface area contributed by atoms with Crippen LogP contribution in [0.25, 0.3) is 22.7 Å². The monoisotopic (exact) mass is 469 g/mol. The highest BCUT2D eigenvalue weighted by Crippen LogP contribution is 2.27. The molecule has 1 aromatic carbocycles. The van der Waals surface area contributed by atoms with Gasteiger partial charge in [-0.3, -0.25) is 9.59 Å². The molecule has 0 spiro atoms. The number of nitrogens with one attached hydrogen (secondary N) is 1. The summed E-state index contributed by atoms with van der Waals surface area (Å²) < 4.78 is 11.2. The van der Waals surface area contributed by atoms with Crippen molar-refractivity contribution < 1.29 is 18.7 Å². The van der Waals surface area contributed by atoms with Gasteiger partial charge >= 0.3 is 0 Å². The lowest BCUT2D eigenvalue weighted by Crippen LogP contribution is -2.42. The van der Waals surface area contributed by atoms with Gasteiger partial charge in [-0.1, -0.05) is 11.6 Å². The molecule has 0 unspecified atom stereocenters. The molecule has 1 aliphatic heterocycles. The molecule has 9 nitrogen and oxygen atoms in total. The minimum Gasteiger partial charge on any atom is -0.435 e. The smallest absolute Gasteiger partial charge is 0.274 e. The van der Waals surface area contributed by atoms with E-state index in [0.717, 1.165) is 25.7 Å². The number of carbonyl (C=O) groups excluding carboxylic acids is 2. The van der Waals surface area contributed by atoms with Gasteiger partial charge in [-0.25, -0.2) is 4.98 Å². The van der Waals surface area contributed by atoms with Crippen molar-refractivity contribution in [1.29, 1.82) is 0 Å². The Bertz CT molecular complexity index is 1180. The van der Waals surface area contributed by atoms with Crippen LogP contribution in [0.15, 0.2) is 34.7 Å². The lowest BCUT2D eigenvalue weighted by atomic mass is 10.1. The van der Waals surface area contributed by atoms with Crippen LogP contribution in [0.3, 0.4) is 0 Å². The van der Waals surface area contributed by atoms with Crippen LogP contribution in [0, 0.1) is 0 Å². The molecule has 10 heteroatoms. The van der Waals surface area contributed by atoms with Crippen LogP contribution in [0.1, 0.15) is 42.6 Å². The molecule has 1 aliphatic carbocycles. The van der Waals surface area contributed by atoms with Crippen molar-refractivity contribution in [1.82, 2.24) is 25.4 Å². The van der Waals surface area contributed by atoms with Gasteiger partial charge < -0.3 is 19.4 Å². The fourth-order valence-electron chi connectivity index (χ4n) is 4.43. The number of ether oxygens (including phenoxy) is 1. The van der Waals surface area contributed by atoms with Crippen LogP contribution in [0.5, 0.6) is 0 Å². The number of nitrogens with zero attached hydrogens (tertiary/aromatic N) is 4. The number of carbonyl (C=O) groups is 2. The summed E-state index contributed by atoms with van der Waals surface area (Å²) in [6, 6.07) is 8.54. The molecule has 1 saturated heterocycles. The van der Waals surface area contributed by atoms with E-state index in [4.69, 9.17) is 20.8 Å². The number of rotatable bonds is 5. The third kappa shape index (κ3) is 4.56. The maximum Gasteiger partial charge on any atom is 0.274 e. The van der Waals surface area contributed by atoms with Crippen molar-refractivity contribution in [2.75, 3.05) is 13.7 Å². The second-order valence-electron chi connectivity index (χ2n) is 8.52. The summed E-state index contributed by atoms with van der Waals surface area (Å²) in [5, 5.41) is 11.9. The van der Waals surface area contributed by atoms with Crippen LogP contribution in [0.2, 0.25) is 5.02 Å². The molecule has 2 fully saturated rings. The largest absolute Gasteiger partial charge is 0.435 e. The van der Waals surface area contributed by atoms with Crippen molar-refractivity contribution in [2.45, 2.75) is 50.3 Å². The average molecular weight is 470 g/mol. The number of fused-ring (bicyclic) bond motifs is 1. The number of aromatic nitrogens is 3. The Kier molecular flexibility index (Phi) is 5.99. The van der Waals surface area contributed by atoms with Crippen molar-refractivity contribution in [3.05, 3.63) is 41.0 Å². The average Bonchev–Trinajstić information content (AvgIpc) is 3.58. The van der Waals surface area contributed by atoms with E-state index in [9.17, 15) is 9.59 Å². The van der Waals surface area contributed by atoms with Gasteiger partial charge in [-0.05, 0) is 56.4 Å². The van der Waals surface area contributed by atoms with Crippen molar-refractivity contribution in [3.8, 4) is 11.6 Å². The highest BCUT2D eigenvalue weighted by atomic mass is 35.5. The summed E-state index contributed by atoms with van der Waals surface area (Å²) in [5.74, 6) is 0.0530. The Hall–Kier alpha value is -3.04. The highest BCUT2D eigenvalue weighted by molar-refractivity contribution is 6.31. The lowest BCUT2D eigenvalue weighted by Gasteiger charge is -2.24. The Balaban J connectivity index is 1.21. The number of hydrogen-bond acceptors (Lipinski definition) is 7. The summed E-state index contributed by atoms with van der Waals surface area (Å²) in [5.41, 5.74) is 1.89. The molecular formula is C23H24ClN5O4. The molecule has 1 N–H and O–H groups in total. The van der Waals surface area contributed by atoms with E-state index in [2.05, 4.69) is 20.5 Å². The van der Waals surface area contributed by atoms with Crippen LogP contribution in [-0.4, -0.2) is 63.7 Å². The first-order valence-electron chi connectivity index (χ1n) is 11.1. The molecule has 172 valence electrons. The van der Waals surface area contributed by atoms with Crippen molar-refractivity contribution >= 4 is 34.5 Å². The molecule has 2 amide bonds. The standard InChI is InChI=1S/C23H24ClN5O4/c1-29(15-6-5-14(12-15)25-21(30)19-3-2-10-32-19)23(31)18-9-8-17(27-28-18)22-26-16-7-4-13(24)11-20(16)33-22/h4,7-9,11,14-15,19H,2-3,5-6,10,12H2,1H3,(H,25,30)/t14-,15+,19-/m0/s1. The van der Waals surface area contributed by atoms with E-state index in [0.29, 0.717) is 40.7 Å². The van der Waals surface area contributed by atoms with Crippen LogP contribution < -0.4 is 5.32 Å². The molecule has 3 heterocycles. The van der Waals surface area contributed by atoms with Crippen molar-refractivity contribution in [3.63, 3.8) is 0 Å². The van der Waals surface area contributed by atoms with Gasteiger partial charge in [-0.15, -0.1) is 10.2 Å². The summed E-state index contributed by atoms with van der Waals surface area (Å²) in [6.45, 7) is 0.642. The summed E-state index contributed by atoms with van der Waals surface area (Å²) in [4.78, 5) is 31.3. The Labute approximate surface area is 195 Å². The molecule has 0 radical (unpaired) electrons. The van der Waals surface area contributed by atoms with Crippen LogP contribution in [0.4, 0.5) is 0 Å². The SMILES string of the molecule is CN(C(=O)c1ccc(-c2nc3ccc(Cl)cc3o2)nn1)[C@@H]1CC[C@H](NC(=O)[C@@H]2CCCO2)C1. The number of halogens is 1. The van der Waals surface area contributed by atoms with E-state index in [1.165, 1.54) is 0 Å². The zero-order valence-corrected chi connectivity index (χ0v) is 18.9. The number of benzene rings is 1. The fourth-order valence-corrected chi connectivity index (χ4v) is 4.60. The molecule has 0 bridgehead atoms. The maximum atomic E-state index is 13.0. The van der Waals surface area contributed by atoms with Gasteiger partial charge in [0.1, 0.15) is 17.3 Å². The first kappa shape index (κ1) is 21.8. The zero-order chi connectivity index (χ0) is 22.9. The summed E-state index contributed by atoms with van der Waals surface area (Å²) >= 11 is 5.99. The molecule has 5 rings (SSSR count). The number of oxazole rings is 1. The van der Waals surface area contributed by atoms with Gasteiger partial charge in [0.25, 0.3) is 5.91 Å². The first-order valence-corrected chi connectivity index (χ1v) is 11.4. The van der Waals surface area contributed by atoms with Gasteiger partial charge in [0.2, 0.25) is 11.8 Å². The third-order valence-electron chi connectivity index (χ3n) is 6.29. The van der Waals surface area contributed by atoms with E-state index in [-0.39, 0.29) is 35.7 Å². The number of hydrogen-bond donors (Lipinski definition) is 1. The third-order valence-corrected chi connectivity index (χ3v) is 6.53.